The van der Waals surface area contributed by atoms with Crippen LogP contribution >= 0.6 is 11.6 Å². The molecule has 2 aromatic heterocycles. The molecule has 0 atom stereocenters. The maximum Gasteiger partial charge on any atom is 0.270 e. The van der Waals surface area contributed by atoms with Crippen LogP contribution in [0.3, 0.4) is 0 Å². The summed E-state index contributed by atoms with van der Waals surface area (Å²) in [7, 11) is 3.61. The molecule has 0 amide bonds. The number of hydrogen-bond donors (Lipinski definition) is 1. The highest BCUT2D eigenvalue weighted by Gasteiger charge is 2.25. The van der Waals surface area contributed by atoms with E-state index in [-0.39, 0.29) is 16.9 Å². The summed E-state index contributed by atoms with van der Waals surface area (Å²) in [6, 6.07) is 13.0. The van der Waals surface area contributed by atoms with Crippen LogP contribution in [0.1, 0.15) is 56.9 Å². The second-order valence-corrected chi connectivity index (χ2v) is 9.77. The van der Waals surface area contributed by atoms with Crippen molar-refractivity contribution in [2.75, 3.05) is 17.3 Å². The van der Waals surface area contributed by atoms with Gasteiger partial charge in [0.05, 0.1) is 11.2 Å². The van der Waals surface area contributed by atoms with Crippen molar-refractivity contribution in [2.24, 2.45) is 7.05 Å². The van der Waals surface area contributed by atoms with Crippen LogP contribution in [-0.2, 0) is 7.05 Å². The van der Waals surface area contributed by atoms with Gasteiger partial charge < -0.3 is 14.8 Å². The monoisotopic (exact) mass is 495 g/mol. The van der Waals surface area contributed by atoms with Crippen molar-refractivity contribution in [3.63, 3.8) is 0 Å². The summed E-state index contributed by atoms with van der Waals surface area (Å²) in [5.74, 6) is -0.172. The first-order valence-corrected chi connectivity index (χ1v) is 12.6. The van der Waals surface area contributed by atoms with Gasteiger partial charge in [0.25, 0.3) is 5.56 Å². The smallest absolute Gasteiger partial charge is 0.270 e. The van der Waals surface area contributed by atoms with Crippen LogP contribution < -0.4 is 15.8 Å². The Morgan fingerprint density at radius 3 is 2.37 bits per heavy atom. The molecule has 2 heterocycles. The third-order valence-electron chi connectivity index (χ3n) is 7.09. The van der Waals surface area contributed by atoms with E-state index in [9.17, 15) is 14.4 Å². The molecule has 8 heteroatoms. The van der Waals surface area contributed by atoms with Gasteiger partial charge in [0, 0.05) is 31.9 Å². The lowest BCUT2D eigenvalue weighted by molar-refractivity contribution is 0.428. The molecule has 5 rings (SSSR count). The van der Waals surface area contributed by atoms with Crippen molar-refractivity contribution in [2.45, 2.75) is 63.5 Å². The van der Waals surface area contributed by atoms with Crippen LogP contribution in [0.25, 0.3) is 11.0 Å². The summed E-state index contributed by atoms with van der Waals surface area (Å²) < 4.78 is 14.0. The maximum absolute atomic E-state index is 12.6. The van der Waals surface area contributed by atoms with Crippen LogP contribution in [-0.4, -0.2) is 28.7 Å². The fraction of sp³-hybridized carbons (Fsp3) is 0.444. The van der Waals surface area contributed by atoms with Crippen molar-refractivity contribution in [1.82, 2.24) is 9.55 Å². The molecule has 0 saturated heterocycles. The van der Waals surface area contributed by atoms with Crippen molar-refractivity contribution in [1.29, 1.82) is 5.26 Å². The van der Waals surface area contributed by atoms with Crippen molar-refractivity contribution >= 4 is 34.0 Å². The van der Waals surface area contributed by atoms with Crippen LogP contribution in [0, 0.1) is 17.1 Å². The third kappa shape index (κ3) is 5.59. The maximum atomic E-state index is 12.6. The molecule has 184 valence electrons. The number of nitrogens with one attached hydrogen (secondary N) is 1. The van der Waals surface area contributed by atoms with Crippen molar-refractivity contribution in [3.8, 4) is 6.07 Å². The molecular weight excluding hydrogens is 465 g/mol. The quantitative estimate of drug-likeness (QED) is 0.448. The lowest BCUT2D eigenvalue weighted by atomic mass is 9.93. The first kappa shape index (κ1) is 25.0. The molecule has 1 aromatic carbocycles. The number of fused-ring (bicyclic) bond motifs is 1. The topological polar surface area (TPSA) is 74.0 Å². The molecule has 0 bridgehead atoms. The molecule has 1 N–H and O–H groups in total. The Bertz CT molecular complexity index is 1270. The number of halogens is 2. The van der Waals surface area contributed by atoms with Crippen molar-refractivity contribution < 1.29 is 4.39 Å². The van der Waals surface area contributed by atoms with Gasteiger partial charge in [-0.15, -0.1) is 0 Å². The summed E-state index contributed by atoms with van der Waals surface area (Å²) >= 11 is 6.07. The Balaban J connectivity index is 0.000000201. The second-order valence-electron chi connectivity index (χ2n) is 9.38. The highest BCUT2D eigenvalue weighted by atomic mass is 35.5. The minimum Gasteiger partial charge on any atom is -0.382 e. The lowest BCUT2D eigenvalue weighted by Crippen LogP contribution is -2.36. The average molecular weight is 496 g/mol. The number of nitrogens with zero attached hydrogens (tertiary/aromatic N) is 4. The van der Waals surface area contributed by atoms with Gasteiger partial charge in [0.2, 0.25) is 0 Å². The van der Waals surface area contributed by atoms with E-state index in [2.05, 4.69) is 21.3 Å². The number of hydrogen-bond acceptors (Lipinski definition) is 5. The van der Waals surface area contributed by atoms with Crippen molar-refractivity contribution in [3.05, 3.63) is 63.3 Å². The number of aryl methyl sites for hydroxylation is 1. The Morgan fingerprint density at radius 2 is 1.77 bits per heavy atom. The van der Waals surface area contributed by atoms with Crippen LogP contribution in [0.4, 0.5) is 15.8 Å². The second kappa shape index (κ2) is 11.1. The summed E-state index contributed by atoms with van der Waals surface area (Å²) in [6.07, 6.45) is 9.55. The van der Waals surface area contributed by atoms with Crippen LogP contribution in [0.5, 0.6) is 0 Å². The first-order valence-electron chi connectivity index (χ1n) is 12.2. The van der Waals surface area contributed by atoms with Gasteiger partial charge in [-0.05, 0) is 68.5 Å². The molecule has 35 heavy (non-hydrogen) atoms. The predicted molar refractivity (Wildman–Crippen MR) is 140 cm³/mol. The minimum absolute atomic E-state index is 0.142. The van der Waals surface area contributed by atoms with E-state index in [1.807, 2.05) is 7.05 Å². The SMILES string of the molecule is CN(c1c(C#N)c(=O)n(C)c2ccc(Cl)nc12)C1CCCCC1.Fc1ccc(NC2CCC2)cc1. The summed E-state index contributed by atoms with van der Waals surface area (Å²) in [5.41, 5.74) is 2.80. The van der Waals surface area contributed by atoms with Gasteiger partial charge in [0.15, 0.2) is 0 Å². The van der Waals surface area contributed by atoms with E-state index in [0.29, 0.717) is 34.0 Å². The zero-order valence-corrected chi connectivity index (χ0v) is 21.0. The van der Waals surface area contributed by atoms with Gasteiger partial charge >= 0.3 is 0 Å². The molecule has 0 aliphatic heterocycles. The zero-order valence-electron chi connectivity index (χ0n) is 20.2. The minimum atomic E-state index is -0.290. The highest BCUT2D eigenvalue weighted by molar-refractivity contribution is 6.29. The van der Waals surface area contributed by atoms with Gasteiger partial charge in [-0.2, -0.15) is 5.26 Å². The van der Waals surface area contributed by atoms with Gasteiger partial charge in [0.1, 0.15) is 28.1 Å². The molecule has 0 unspecified atom stereocenters. The van der Waals surface area contributed by atoms with E-state index < -0.39 is 0 Å². The summed E-state index contributed by atoms with van der Waals surface area (Å²) in [6.45, 7) is 0. The molecule has 3 aromatic rings. The average Bonchev–Trinajstić information content (AvgIpc) is 2.85. The highest BCUT2D eigenvalue weighted by Crippen LogP contribution is 2.32. The van der Waals surface area contributed by atoms with E-state index in [0.717, 1.165) is 18.5 Å². The van der Waals surface area contributed by atoms with E-state index in [1.165, 1.54) is 55.2 Å². The predicted octanol–water partition coefficient (Wildman–Crippen LogP) is 6.02. The normalized spacial score (nSPS) is 16.1. The number of anilines is 2. The Labute approximate surface area is 210 Å². The summed E-state index contributed by atoms with van der Waals surface area (Å²) in [4.78, 5) is 19.0. The fourth-order valence-corrected chi connectivity index (χ4v) is 4.95. The van der Waals surface area contributed by atoms with E-state index in [4.69, 9.17) is 11.6 Å². The molecule has 2 fully saturated rings. The summed E-state index contributed by atoms with van der Waals surface area (Å²) in [5, 5.41) is 13.2. The van der Waals surface area contributed by atoms with E-state index in [1.54, 1.807) is 31.3 Å². The van der Waals surface area contributed by atoms with Gasteiger partial charge in [-0.25, -0.2) is 9.37 Å². The number of nitriles is 1. The number of benzene rings is 1. The van der Waals surface area contributed by atoms with Crippen LogP contribution in [0.15, 0.2) is 41.2 Å². The Hall–Kier alpha value is -3.11. The largest absolute Gasteiger partial charge is 0.382 e. The van der Waals surface area contributed by atoms with Gasteiger partial charge in [-0.1, -0.05) is 30.9 Å². The molecular formula is C27H31ClFN5O. The zero-order chi connectivity index (χ0) is 24.9. The van der Waals surface area contributed by atoms with Crippen LogP contribution in [0.2, 0.25) is 5.15 Å². The lowest BCUT2D eigenvalue weighted by Gasteiger charge is -2.33. The number of pyridine rings is 2. The fourth-order valence-electron chi connectivity index (χ4n) is 4.80. The van der Waals surface area contributed by atoms with Gasteiger partial charge in [-0.3, -0.25) is 4.79 Å². The standard InChI is InChI=1S/C17H19ClN4O.C10H12FN/c1-21(11-6-4-3-5-7-11)16-12(10-19)17(23)22(2)13-8-9-14(18)20-15(13)16;11-8-4-6-10(7-5-8)12-9-2-1-3-9/h8-9,11H,3-7H2,1-2H3;4-7,9,12H,1-3H2. The van der Waals surface area contributed by atoms with E-state index >= 15 is 0 Å². The Kier molecular flexibility index (Phi) is 7.92. The Morgan fingerprint density at radius 1 is 1.09 bits per heavy atom. The molecule has 2 aliphatic carbocycles. The number of rotatable bonds is 4. The molecule has 2 saturated carbocycles. The first-order chi connectivity index (χ1) is 16.9. The molecule has 2 aliphatic rings. The number of aromatic nitrogens is 2. The molecule has 6 nitrogen and oxygen atoms in total. The molecule has 0 radical (unpaired) electrons. The molecule has 0 spiro atoms. The third-order valence-corrected chi connectivity index (χ3v) is 7.30.